The van der Waals surface area contributed by atoms with E-state index in [0.717, 1.165) is 0 Å². The van der Waals surface area contributed by atoms with Crippen LogP contribution in [0.15, 0.2) is 23.0 Å². The van der Waals surface area contributed by atoms with Gasteiger partial charge in [-0.2, -0.15) is 0 Å². The first-order valence-electron chi connectivity index (χ1n) is 6.72. The monoisotopic (exact) mass is 291 g/mol. The van der Waals surface area contributed by atoms with Crippen LogP contribution in [0.2, 0.25) is 0 Å². The zero-order valence-electron chi connectivity index (χ0n) is 11.9. The number of fused-ring (bicyclic) bond motifs is 1. The van der Waals surface area contributed by atoms with Crippen molar-refractivity contribution in [2.24, 2.45) is 0 Å². The van der Waals surface area contributed by atoms with Crippen molar-refractivity contribution in [2.75, 3.05) is 13.1 Å². The summed E-state index contributed by atoms with van der Waals surface area (Å²) in [5.74, 6) is -1.35. The van der Waals surface area contributed by atoms with Crippen LogP contribution in [0.5, 0.6) is 0 Å². The number of benzene rings is 1. The van der Waals surface area contributed by atoms with Gasteiger partial charge in [0.15, 0.2) is 0 Å². The maximum atomic E-state index is 12.2. The minimum atomic E-state index is -1.14. The summed E-state index contributed by atoms with van der Waals surface area (Å²) in [7, 11) is 0. The third kappa shape index (κ3) is 2.67. The molecule has 2 N–H and O–H groups in total. The molecule has 2 aromatic rings. The topological polar surface area (TPSA) is 95.4 Å². The van der Waals surface area contributed by atoms with Gasteiger partial charge in [0, 0.05) is 13.1 Å². The zero-order chi connectivity index (χ0) is 15.6. The molecule has 0 bridgehead atoms. The lowest BCUT2D eigenvalue weighted by molar-refractivity contribution is -0.131. The van der Waals surface area contributed by atoms with Gasteiger partial charge in [-0.3, -0.25) is 9.36 Å². The highest BCUT2D eigenvalue weighted by atomic mass is 16.4. The van der Waals surface area contributed by atoms with Crippen LogP contribution in [0.1, 0.15) is 24.2 Å². The van der Waals surface area contributed by atoms with E-state index in [9.17, 15) is 19.5 Å². The van der Waals surface area contributed by atoms with Crippen LogP contribution in [0.3, 0.4) is 0 Å². The van der Waals surface area contributed by atoms with E-state index in [1.54, 1.807) is 17.0 Å². The summed E-state index contributed by atoms with van der Waals surface area (Å²) in [6.45, 7) is 4.60. The standard InChI is InChI=1S/C14H17N3O4/c1-3-16(4-2)11(18)8-17-12-9(13(19)20)6-5-7-10(12)15-14(17)21/h5-7H,3-4,8H2,1-2H3,(H,15,21)(H,19,20). The molecule has 0 aliphatic carbocycles. The van der Waals surface area contributed by atoms with E-state index in [4.69, 9.17) is 0 Å². The second kappa shape index (κ2) is 5.82. The summed E-state index contributed by atoms with van der Waals surface area (Å²) >= 11 is 0. The highest BCUT2D eigenvalue weighted by Gasteiger charge is 2.18. The number of carbonyl (C=O) groups is 2. The van der Waals surface area contributed by atoms with E-state index < -0.39 is 11.7 Å². The normalized spacial score (nSPS) is 10.8. The molecule has 0 saturated carbocycles. The lowest BCUT2D eigenvalue weighted by atomic mass is 10.2. The van der Waals surface area contributed by atoms with Crippen LogP contribution in [0.4, 0.5) is 0 Å². The van der Waals surface area contributed by atoms with E-state index in [1.165, 1.54) is 10.6 Å². The second-order valence-corrected chi connectivity index (χ2v) is 4.59. The number of likely N-dealkylation sites (N-methyl/N-ethyl adjacent to an activating group) is 1. The Morgan fingerprint density at radius 3 is 2.52 bits per heavy atom. The number of rotatable bonds is 5. The molecule has 0 aliphatic rings. The van der Waals surface area contributed by atoms with Crippen LogP contribution in [-0.2, 0) is 11.3 Å². The zero-order valence-corrected chi connectivity index (χ0v) is 11.9. The van der Waals surface area contributed by atoms with Gasteiger partial charge in [-0.15, -0.1) is 0 Å². The Bertz CT molecular complexity index is 740. The van der Waals surface area contributed by atoms with E-state index >= 15 is 0 Å². The van der Waals surface area contributed by atoms with Gasteiger partial charge in [0.1, 0.15) is 6.54 Å². The molecular formula is C14H17N3O4. The molecule has 0 spiro atoms. The van der Waals surface area contributed by atoms with Crippen molar-refractivity contribution in [1.29, 1.82) is 0 Å². The third-order valence-corrected chi connectivity index (χ3v) is 3.43. The van der Waals surface area contributed by atoms with Gasteiger partial charge in [-0.25, -0.2) is 9.59 Å². The molecular weight excluding hydrogens is 274 g/mol. The molecule has 0 aliphatic heterocycles. The number of para-hydroxylation sites is 1. The molecule has 0 unspecified atom stereocenters. The molecule has 1 amide bonds. The second-order valence-electron chi connectivity index (χ2n) is 4.59. The molecule has 0 saturated heterocycles. The Hall–Kier alpha value is -2.57. The van der Waals surface area contributed by atoms with E-state index in [2.05, 4.69) is 4.98 Å². The first kappa shape index (κ1) is 14.8. The number of imidazole rings is 1. The molecule has 1 heterocycles. The van der Waals surface area contributed by atoms with E-state index in [0.29, 0.717) is 18.6 Å². The number of nitrogens with one attached hydrogen (secondary N) is 1. The fraction of sp³-hybridized carbons (Fsp3) is 0.357. The number of hydrogen-bond acceptors (Lipinski definition) is 3. The molecule has 1 aromatic heterocycles. The predicted octanol–water partition coefficient (Wildman–Crippen LogP) is 0.896. The smallest absolute Gasteiger partial charge is 0.337 e. The lowest BCUT2D eigenvalue weighted by Gasteiger charge is -2.18. The maximum absolute atomic E-state index is 12.2. The number of aromatic nitrogens is 2. The number of aromatic amines is 1. The van der Waals surface area contributed by atoms with Crippen molar-refractivity contribution in [1.82, 2.24) is 14.5 Å². The number of H-pyrrole nitrogens is 1. The number of carbonyl (C=O) groups excluding carboxylic acids is 1. The number of carboxylic acid groups (broad SMARTS) is 1. The Balaban J connectivity index is 2.54. The van der Waals surface area contributed by atoms with Crippen LogP contribution in [-0.4, -0.2) is 44.5 Å². The van der Waals surface area contributed by atoms with Crippen molar-refractivity contribution in [3.63, 3.8) is 0 Å². The first-order valence-corrected chi connectivity index (χ1v) is 6.72. The van der Waals surface area contributed by atoms with Crippen molar-refractivity contribution in [2.45, 2.75) is 20.4 Å². The average Bonchev–Trinajstić information content (AvgIpc) is 2.76. The summed E-state index contributed by atoms with van der Waals surface area (Å²) < 4.78 is 1.18. The van der Waals surface area contributed by atoms with Crippen molar-refractivity contribution < 1.29 is 14.7 Å². The van der Waals surface area contributed by atoms with E-state index in [-0.39, 0.29) is 23.5 Å². The Morgan fingerprint density at radius 2 is 1.95 bits per heavy atom. The summed E-state index contributed by atoms with van der Waals surface area (Å²) in [4.78, 5) is 39.6. The number of amides is 1. The average molecular weight is 291 g/mol. The van der Waals surface area contributed by atoms with Crippen LogP contribution < -0.4 is 5.69 Å². The van der Waals surface area contributed by atoms with Gasteiger partial charge >= 0.3 is 11.7 Å². The molecule has 112 valence electrons. The highest BCUT2D eigenvalue weighted by Crippen LogP contribution is 2.16. The Kier molecular flexibility index (Phi) is 4.11. The largest absolute Gasteiger partial charge is 0.478 e. The minimum absolute atomic E-state index is 0.00167. The molecule has 0 fully saturated rings. The first-order chi connectivity index (χ1) is 9.99. The summed E-state index contributed by atoms with van der Waals surface area (Å²) in [6.07, 6.45) is 0. The van der Waals surface area contributed by atoms with E-state index in [1.807, 2.05) is 13.8 Å². The molecule has 2 rings (SSSR count). The maximum Gasteiger partial charge on any atom is 0.337 e. The quantitative estimate of drug-likeness (QED) is 0.855. The summed E-state index contributed by atoms with van der Waals surface area (Å²) in [5.41, 5.74) is 0.167. The molecule has 7 nitrogen and oxygen atoms in total. The van der Waals surface area contributed by atoms with Gasteiger partial charge in [-0.05, 0) is 26.0 Å². The predicted molar refractivity (Wildman–Crippen MR) is 77.4 cm³/mol. The van der Waals surface area contributed by atoms with Gasteiger partial charge in [0.25, 0.3) is 0 Å². The summed E-state index contributed by atoms with van der Waals surface area (Å²) in [5, 5.41) is 9.23. The lowest BCUT2D eigenvalue weighted by Crippen LogP contribution is -2.35. The molecule has 1 aromatic carbocycles. The van der Waals surface area contributed by atoms with Gasteiger partial charge < -0.3 is 15.0 Å². The van der Waals surface area contributed by atoms with Crippen LogP contribution in [0.25, 0.3) is 11.0 Å². The number of carboxylic acids is 1. The van der Waals surface area contributed by atoms with Crippen molar-refractivity contribution in [3.8, 4) is 0 Å². The Labute approximate surface area is 120 Å². The molecule has 7 heteroatoms. The van der Waals surface area contributed by atoms with Gasteiger partial charge in [-0.1, -0.05) is 6.07 Å². The van der Waals surface area contributed by atoms with Crippen molar-refractivity contribution in [3.05, 3.63) is 34.2 Å². The van der Waals surface area contributed by atoms with Gasteiger partial charge in [0.2, 0.25) is 5.91 Å². The number of aromatic carboxylic acids is 1. The van der Waals surface area contributed by atoms with Gasteiger partial charge in [0.05, 0.1) is 16.6 Å². The highest BCUT2D eigenvalue weighted by molar-refractivity contribution is 6.01. The van der Waals surface area contributed by atoms with Crippen LogP contribution >= 0.6 is 0 Å². The molecule has 21 heavy (non-hydrogen) atoms. The molecule has 0 atom stereocenters. The number of hydrogen-bond donors (Lipinski definition) is 2. The van der Waals surface area contributed by atoms with Crippen molar-refractivity contribution >= 4 is 22.9 Å². The Morgan fingerprint density at radius 1 is 1.29 bits per heavy atom. The third-order valence-electron chi connectivity index (χ3n) is 3.43. The number of nitrogens with zero attached hydrogens (tertiary/aromatic N) is 2. The SMILES string of the molecule is CCN(CC)C(=O)Cn1c(=O)[nH]c2cccc(C(=O)O)c21. The molecule has 0 radical (unpaired) electrons. The fourth-order valence-electron chi connectivity index (χ4n) is 2.35. The minimum Gasteiger partial charge on any atom is -0.478 e. The summed E-state index contributed by atoms with van der Waals surface area (Å²) in [6, 6.07) is 4.58. The van der Waals surface area contributed by atoms with Crippen LogP contribution in [0, 0.1) is 0 Å². The fourth-order valence-corrected chi connectivity index (χ4v) is 2.35.